The third-order valence-electron chi connectivity index (χ3n) is 8.32. The standard InChI is InChI=1S/C26H30ClN3O7/c1-29(2)20-14-7-10-6-13-17(15(31)8-11(19(13)27)9-30(3)12-4-5-12)21(32)16(10)23(34)26(14,37)24(35)18(22(20)33)25(28)36/h8,10,12,14,20,31-32,35,37H,4-7,9H2,1-3H3,(H2,28,36)/t10-,14-,20-,26-/m0/s1. The second kappa shape index (κ2) is 8.56. The van der Waals surface area contributed by atoms with Gasteiger partial charge in [-0.15, -0.1) is 0 Å². The van der Waals surface area contributed by atoms with E-state index in [1.54, 1.807) is 14.1 Å². The molecule has 4 aliphatic rings. The number of aromatic hydroxyl groups is 1. The Balaban J connectivity index is 1.66. The first-order valence-corrected chi connectivity index (χ1v) is 12.6. The predicted molar refractivity (Wildman–Crippen MR) is 134 cm³/mol. The van der Waals surface area contributed by atoms with Crippen molar-refractivity contribution in [3.05, 3.63) is 44.7 Å². The van der Waals surface area contributed by atoms with Crippen LogP contribution >= 0.6 is 11.6 Å². The van der Waals surface area contributed by atoms with Gasteiger partial charge in [0.2, 0.25) is 5.78 Å². The smallest absolute Gasteiger partial charge is 0.255 e. The van der Waals surface area contributed by atoms with E-state index in [-0.39, 0.29) is 29.7 Å². The van der Waals surface area contributed by atoms with Crippen molar-refractivity contribution in [2.24, 2.45) is 17.6 Å². The summed E-state index contributed by atoms with van der Waals surface area (Å²) in [7, 11) is 5.10. The molecule has 0 aliphatic heterocycles. The van der Waals surface area contributed by atoms with Crippen LogP contribution in [0.25, 0.3) is 5.76 Å². The summed E-state index contributed by atoms with van der Waals surface area (Å²) in [4.78, 5) is 42.6. The number of benzene rings is 1. The Labute approximate surface area is 218 Å². The van der Waals surface area contributed by atoms with Crippen molar-refractivity contribution >= 4 is 34.8 Å². The van der Waals surface area contributed by atoms with E-state index in [2.05, 4.69) is 4.90 Å². The molecule has 1 amide bonds. The second-order valence-corrected chi connectivity index (χ2v) is 11.2. The van der Waals surface area contributed by atoms with E-state index in [1.807, 2.05) is 7.05 Å². The third kappa shape index (κ3) is 3.61. The molecule has 4 atom stereocenters. The molecule has 198 valence electrons. The highest BCUT2D eigenvalue weighted by Crippen LogP contribution is 2.53. The van der Waals surface area contributed by atoms with Crippen molar-refractivity contribution in [2.45, 2.75) is 49.9 Å². The van der Waals surface area contributed by atoms with Crippen LogP contribution in [0.2, 0.25) is 5.02 Å². The zero-order chi connectivity index (χ0) is 27.1. The molecule has 2 saturated carbocycles. The Bertz CT molecular complexity index is 1320. The van der Waals surface area contributed by atoms with Gasteiger partial charge in [0.05, 0.1) is 11.6 Å². The molecule has 0 heterocycles. The average Bonchev–Trinajstić information content (AvgIpc) is 3.64. The molecule has 5 rings (SSSR count). The predicted octanol–water partition coefficient (Wildman–Crippen LogP) is 1.21. The molecule has 0 aromatic heterocycles. The molecular weight excluding hydrogens is 502 g/mol. The lowest BCUT2D eigenvalue weighted by atomic mass is 9.57. The molecule has 4 aliphatic carbocycles. The minimum Gasteiger partial charge on any atom is -0.508 e. The van der Waals surface area contributed by atoms with Crippen LogP contribution in [0.15, 0.2) is 23.0 Å². The average molecular weight is 532 g/mol. The first kappa shape index (κ1) is 25.7. The number of hydrogen-bond acceptors (Lipinski definition) is 9. The van der Waals surface area contributed by atoms with Crippen LogP contribution in [0.5, 0.6) is 5.75 Å². The summed E-state index contributed by atoms with van der Waals surface area (Å²) in [5.74, 6) is -6.78. The normalized spacial score (nSPS) is 29.5. The molecule has 0 unspecified atom stereocenters. The number of hydrogen-bond donors (Lipinski definition) is 5. The molecule has 6 N–H and O–H groups in total. The fourth-order valence-electron chi connectivity index (χ4n) is 6.38. The van der Waals surface area contributed by atoms with Gasteiger partial charge in [-0.2, -0.15) is 0 Å². The number of halogens is 1. The third-order valence-corrected chi connectivity index (χ3v) is 8.79. The van der Waals surface area contributed by atoms with Crippen LogP contribution in [0.3, 0.4) is 0 Å². The molecule has 2 fully saturated rings. The number of likely N-dealkylation sites (N-methyl/N-ethyl adjacent to an activating group) is 1. The lowest BCUT2D eigenvalue weighted by molar-refractivity contribution is -0.153. The second-order valence-electron chi connectivity index (χ2n) is 10.8. The first-order chi connectivity index (χ1) is 17.3. The first-order valence-electron chi connectivity index (χ1n) is 12.2. The fourth-order valence-corrected chi connectivity index (χ4v) is 6.66. The SMILES string of the molecule is CN(Cc1cc(O)c2c(c1Cl)C[C@H]1C[C@H]3[C@H](N(C)C)C(=O)C(C(N)=O)=C(O)[C@@]3(O)C(=O)C1=C2O)C1CC1. The molecule has 0 bridgehead atoms. The van der Waals surface area contributed by atoms with E-state index in [1.165, 1.54) is 11.0 Å². The number of phenols is 1. The summed E-state index contributed by atoms with van der Waals surface area (Å²) in [5, 5.41) is 45.0. The number of aliphatic hydroxyl groups is 3. The van der Waals surface area contributed by atoms with Gasteiger partial charge in [0.1, 0.15) is 22.8 Å². The highest BCUT2D eigenvalue weighted by Gasteiger charge is 2.64. The Hall–Kier alpha value is -2.92. The van der Waals surface area contributed by atoms with E-state index in [9.17, 15) is 34.8 Å². The summed E-state index contributed by atoms with van der Waals surface area (Å²) >= 11 is 6.78. The minimum atomic E-state index is -2.66. The van der Waals surface area contributed by atoms with Crippen LogP contribution in [0.4, 0.5) is 0 Å². The highest BCUT2D eigenvalue weighted by atomic mass is 35.5. The van der Waals surface area contributed by atoms with Gasteiger partial charge in [0.15, 0.2) is 11.4 Å². The summed E-state index contributed by atoms with van der Waals surface area (Å²) in [6.07, 6.45) is 2.38. The number of amides is 1. The van der Waals surface area contributed by atoms with Crippen LogP contribution in [-0.2, 0) is 27.3 Å². The number of fused-ring (bicyclic) bond motifs is 3. The molecule has 1 aromatic carbocycles. The zero-order valence-electron chi connectivity index (χ0n) is 20.8. The van der Waals surface area contributed by atoms with Gasteiger partial charge < -0.3 is 26.2 Å². The Morgan fingerprint density at radius 3 is 2.41 bits per heavy atom. The van der Waals surface area contributed by atoms with Crippen molar-refractivity contribution in [2.75, 3.05) is 21.1 Å². The molecule has 1 aromatic rings. The molecule has 10 nitrogen and oxygen atoms in total. The van der Waals surface area contributed by atoms with E-state index < -0.39 is 58.0 Å². The maximum Gasteiger partial charge on any atom is 0.255 e. The number of phenolic OH excluding ortho intramolecular Hbond substituents is 1. The number of rotatable bonds is 5. The van der Waals surface area contributed by atoms with E-state index in [4.69, 9.17) is 17.3 Å². The summed E-state index contributed by atoms with van der Waals surface area (Å²) in [6.45, 7) is 0.499. The van der Waals surface area contributed by atoms with Gasteiger partial charge in [-0.05, 0) is 69.9 Å². The largest absolute Gasteiger partial charge is 0.508 e. The molecule has 11 heteroatoms. The Morgan fingerprint density at radius 1 is 1.19 bits per heavy atom. The van der Waals surface area contributed by atoms with Crippen LogP contribution < -0.4 is 5.73 Å². The molecule has 0 saturated heterocycles. The van der Waals surface area contributed by atoms with Crippen molar-refractivity contribution in [3.8, 4) is 5.75 Å². The topological polar surface area (TPSA) is 165 Å². The number of nitrogens with zero attached hydrogens (tertiary/aromatic N) is 2. The van der Waals surface area contributed by atoms with Crippen LogP contribution in [0, 0.1) is 11.8 Å². The summed E-state index contributed by atoms with van der Waals surface area (Å²) in [5.41, 5.74) is 2.82. The highest BCUT2D eigenvalue weighted by molar-refractivity contribution is 6.32. The van der Waals surface area contributed by atoms with Crippen molar-refractivity contribution < 1.29 is 34.8 Å². The van der Waals surface area contributed by atoms with Crippen molar-refractivity contribution in [3.63, 3.8) is 0 Å². The van der Waals surface area contributed by atoms with E-state index >= 15 is 0 Å². The molecular formula is C26H30ClN3O7. The number of carbonyl (C=O) groups is 3. The van der Waals surface area contributed by atoms with Gasteiger partial charge in [-0.25, -0.2) is 0 Å². The fraction of sp³-hybridized carbons (Fsp3) is 0.500. The Morgan fingerprint density at radius 2 is 1.84 bits per heavy atom. The minimum absolute atomic E-state index is 0.000820. The number of primary amides is 1. The lowest BCUT2D eigenvalue weighted by Crippen LogP contribution is -2.65. The number of nitrogens with two attached hydrogens (primary N) is 1. The van der Waals surface area contributed by atoms with E-state index in [0.717, 1.165) is 12.8 Å². The molecule has 0 radical (unpaired) electrons. The molecule has 37 heavy (non-hydrogen) atoms. The maximum atomic E-state index is 13.8. The van der Waals surface area contributed by atoms with Crippen LogP contribution in [-0.4, -0.2) is 86.5 Å². The van der Waals surface area contributed by atoms with Gasteiger partial charge in [-0.3, -0.25) is 24.2 Å². The maximum absolute atomic E-state index is 13.8. The summed E-state index contributed by atoms with van der Waals surface area (Å²) < 4.78 is 0. The van der Waals surface area contributed by atoms with Gasteiger partial charge >= 0.3 is 0 Å². The summed E-state index contributed by atoms with van der Waals surface area (Å²) in [6, 6.07) is 0.798. The monoisotopic (exact) mass is 531 g/mol. The number of Topliss-reactive ketones (excluding diaryl/α,β-unsaturated/α-hetero) is 2. The van der Waals surface area contributed by atoms with Crippen molar-refractivity contribution in [1.29, 1.82) is 0 Å². The Kier molecular flexibility index (Phi) is 5.95. The zero-order valence-corrected chi connectivity index (χ0v) is 21.5. The van der Waals surface area contributed by atoms with Crippen LogP contribution in [0.1, 0.15) is 36.0 Å². The lowest BCUT2D eigenvalue weighted by Gasteiger charge is -2.50. The number of aliphatic hydroxyl groups excluding tert-OH is 2. The van der Waals surface area contributed by atoms with Gasteiger partial charge in [0.25, 0.3) is 5.91 Å². The van der Waals surface area contributed by atoms with Crippen molar-refractivity contribution in [1.82, 2.24) is 9.80 Å². The number of ketones is 2. The van der Waals surface area contributed by atoms with Gasteiger partial charge in [-0.1, -0.05) is 11.6 Å². The van der Waals surface area contributed by atoms with E-state index in [0.29, 0.717) is 28.7 Å². The van der Waals surface area contributed by atoms with Gasteiger partial charge in [0, 0.05) is 29.1 Å². The molecule has 0 spiro atoms. The quantitative estimate of drug-likeness (QED) is 0.351. The number of carbonyl (C=O) groups excluding carboxylic acids is 3.